The molecule has 0 aromatic heterocycles. The number of amides is 1. The van der Waals surface area contributed by atoms with Gasteiger partial charge in [-0.1, -0.05) is 33.1 Å². The van der Waals surface area contributed by atoms with Crippen molar-refractivity contribution in [1.82, 2.24) is 4.90 Å². The van der Waals surface area contributed by atoms with Gasteiger partial charge in [-0.25, -0.2) is 8.42 Å². The molecule has 22 heavy (non-hydrogen) atoms. The Bertz CT molecular complexity index is 484. The van der Waals surface area contributed by atoms with Crippen molar-refractivity contribution in [3.63, 3.8) is 0 Å². The molecule has 2 rings (SSSR count). The highest BCUT2D eigenvalue weighted by Gasteiger charge is 2.43. The van der Waals surface area contributed by atoms with Crippen molar-refractivity contribution in [1.29, 1.82) is 0 Å². The Labute approximate surface area is 134 Å². The summed E-state index contributed by atoms with van der Waals surface area (Å²) >= 11 is 0. The molecule has 2 N–H and O–H groups in total. The van der Waals surface area contributed by atoms with Crippen LogP contribution in [0.2, 0.25) is 0 Å². The van der Waals surface area contributed by atoms with Gasteiger partial charge in [-0.15, -0.1) is 0 Å². The van der Waals surface area contributed by atoms with Crippen molar-refractivity contribution in [2.75, 3.05) is 19.6 Å². The lowest BCUT2D eigenvalue weighted by molar-refractivity contribution is -0.130. The third-order valence-corrected chi connectivity index (χ3v) is 8.01. The smallest absolute Gasteiger partial charge is 0.241 e. The quantitative estimate of drug-likeness (QED) is 0.829. The number of hydrogen-bond acceptors (Lipinski definition) is 4. The van der Waals surface area contributed by atoms with Crippen LogP contribution in [0.3, 0.4) is 0 Å². The van der Waals surface area contributed by atoms with Crippen LogP contribution in [0.4, 0.5) is 0 Å². The average molecular weight is 330 g/mol. The molecule has 1 aliphatic carbocycles. The maximum atomic E-state index is 13.0. The summed E-state index contributed by atoms with van der Waals surface area (Å²) in [4.78, 5) is 14.6. The van der Waals surface area contributed by atoms with E-state index >= 15 is 0 Å². The molecular formula is C16H30N2O3S. The van der Waals surface area contributed by atoms with E-state index in [0.717, 1.165) is 25.7 Å². The minimum atomic E-state index is -3.41. The molecule has 0 bridgehead atoms. The van der Waals surface area contributed by atoms with Gasteiger partial charge in [0.2, 0.25) is 5.91 Å². The van der Waals surface area contributed by atoms with Crippen molar-refractivity contribution >= 4 is 15.7 Å². The molecule has 0 spiro atoms. The fraction of sp³-hybridized carbons (Fsp3) is 0.938. The lowest BCUT2D eigenvalue weighted by Crippen LogP contribution is -2.48. The Balaban J connectivity index is 2.16. The molecule has 1 saturated carbocycles. The Hall–Kier alpha value is -0.620. The summed E-state index contributed by atoms with van der Waals surface area (Å²) in [5, 5.41) is -1.21. The molecule has 2 fully saturated rings. The largest absolute Gasteiger partial charge is 0.341 e. The normalized spacial score (nSPS) is 25.6. The van der Waals surface area contributed by atoms with Crippen LogP contribution in [0.1, 0.15) is 52.4 Å². The van der Waals surface area contributed by atoms with Gasteiger partial charge in [0.1, 0.15) is 5.25 Å². The van der Waals surface area contributed by atoms with E-state index in [9.17, 15) is 13.2 Å². The van der Waals surface area contributed by atoms with Crippen LogP contribution in [-0.2, 0) is 14.6 Å². The van der Waals surface area contributed by atoms with Crippen LogP contribution in [0.5, 0.6) is 0 Å². The van der Waals surface area contributed by atoms with E-state index in [1.165, 1.54) is 0 Å². The Morgan fingerprint density at radius 1 is 1.18 bits per heavy atom. The van der Waals surface area contributed by atoms with E-state index in [1.807, 2.05) is 13.8 Å². The molecule has 0 aromatic carbocycles. The standard InChI is InChI=1S/C16H30N2O3S/c1-12(2)15(16(19)18-9-8-13(10-17)11-18)22(20,21)14-6-4-3-5-7-14/h12-15H,3-11,17H2,1-2H3. The monoisotopic (exact) mass is 330 g/mol. The number of nitrogens with two attached hydrogens (primary N) is 1. The molecular weight excluding hydrogens is 300 g/mol. The van der Waals surface area contributed by atoms with Gasteiger partial charge >= 0.3 is 0 Å². The van der Waals surface area contributed by atoms with E-state index in [4.69, 9.17) is 5.73 Å². The number of nitrogens with zero attached hydrogens (tertiary/aromatic N) is 1. The van der Waals surface area contributed by atoms with E-state index in [0.29, 0.717) is 38.4 Å². The minimum Gasteiger partial charge on any atom is -0.341 e. The van der Waals surface area contributed by atoms with Crippen LogP contribution in [0.25, 0.3) is 0 Å². The second kappa shape index (κ2) is 7.30. The topological polar surface area (TPSA) is 80.5 Å². The zero-order chi connectivity index (χ0) is 16.3. The predicted molar refractivity (Wildman–Crippen MR) is 88.2 cm³/mol. The molecule has 2 aliphatic rings. The lowest BCUT2D eigenvalue weighted by Gasteiger charge is -2.31. The lowest BCUT2D eigenvalue weighted by atomic mass is 10.0. The molecule has 1 aliphatic heterocycles. The van der Waals surface area contributed by atoms with Gasteiger partial charge in [0.05, 0.1) is 5.25 Å². The number of rotatable bonds is 5. The number of carbonyl (C=O) groups is 1. The van der Waals surface area contributed by atoms with E-state index in [1.54, 1.807) is 4.90 Å². The number of likely N-dealkylation sites (tertiary alicyclic amines) is 1. The maximum absolute atomic E-state index is 13.0. The third kappa shape index (κ3) is 3.65. The number of carbonyl (C=O) groups excluding carboxylic acids is 1. The minimum absolute atomic E-state index is 0.184. The van der Waals surface area contributed by atoms with E-state index in [2.05, 4.69) is 0 Å². The predicted octanol–water partition coefficient (Wildman–Crippen LogP) is 1.57. The van der Waals surface area contributed by atoms with Gasteiger partial charge in [-0.3, -0.25) is 4.79 Å². The highest BCUT2D eigenvalue weighted by molar-refractivity contribution is 7.93. The van der Waals surface area contributed by atoms with Gasteiger partial charge in [0.15, 0.2) is 9.84 Å². The Kier molecular flexibility index (Phi) is 5.88. The second-order valence-corrected chi connectivity index (χ2v) is 9.54. The Morgan fingerprint density at radius 3 is 2.32 bits per heavy atom. The number of sulfone groups is 1. The van der Waals surface area contributed by atoms with Gasteiger partial charge in [0, 0.05) is 13.1 Å². The van der Waals surface area contributed by atoms with E-state index < -0.39 is 15.1 Å². The first kappa shape index (κ1) is 17.7. The first-order valence-corrected chi connectivity index (χ1v) is 10.2. The molecule has 6 heteroatoms. The fourth-order valence-electron chi connectivity index (χ4n) is 3.81. The molecule has 1 saturated heterocycles. The van der Waals surface area contributed by atoms with Crippen LogP contribution < -0.4 is 5.73 Å². The van der Waals surface area contributed by atoms with Crippen molar-refractivity contribution < 1.29 is 13.2 Å². The van der Waals surface area contributed by atoms with Crippen molar-refractivity contribution in [2.45, 2.75) is 62.9 Å². The zero-order valence-corrected chi connectivity index (χ0v) is 14.6. The first-order chi connectivity index (χ1) is 10.4. The van der Waals surface area contributed by atoms with Gasteiger partial charge in [-0.2, -0.15) is 0 Å². The summed E-state index contributed by atoms with van der Waals surface area (Å²) in [7, 11) is -3.41. The summed E-state index contributed by atoms with van der Waals surface area (Å²) in [5.74, 6) is -0.0676. The summed E-state index contributed by atoms with van der Waals surface area (Å²) < 4.78 is 26.0. The SMILES string of the molecule is CC(C)C(C(=O)N1CCC(CN)C1)S(=O)(=O)C1CCCCC1. The fourth-order valence-corrected chi connectivity index (χ4v) is 6.41. The molecule has 0 radical (unpaired) electrons. The molecule has 1 amide bonds. The molecule has 2 unspecified atom stereocenters. The summed E-state index contributed by atoms with van der Waals surface area (Å²) in [6.07, 6.45) is 5.34. The second-order valence-electron chi connectivity index (χ2n) is 7.19. The van der Waals surface area contributed by atoms with Crippen molar-refractivity contribution in [3.8, 4) is 0 Å². The van der Waals surface area contributed by atoms with E-state index in [-0.39, 0.29) is 17.1 Å². The number of hydrogen-bond donors (Lipinski definition) is 1. The average Bonchev–Trinajstić information content (AvgIpc) is 2.96. The first-order valence-electron chi connectivity index (χ1n) is 8.59. The zero-order valence-electron chi connectivity index (χ0n) is 13.8. The van der Waals surface area contributed by atoms with Crippen molar-refractivity contribution in [2.24, 2.45) is 17.6 Å². The van der Waals surface area contributed by atoms with Gasteiger partial charge in [-0.05, 0) is 37.6 Å². The van der Waals surface area contributed by atoms with Crippen LogP contribution in [0.15, 0.2) is 0 Å². The third-order valence-electron chi connectivity index (χ3n) is 5.15. The highest BCUT2D eigenvalue weighted by Crippen LogP contribution is 2.30. The molecule has 128 valence electrons. The van der Waals surface area contributed by atoms with Crippen LogP contribution in [-0.4, -0.2) is 49.4 Å². The molecule has 5 nitrogen and oxygen atoms in total. The van der Waals surface area contributed by atoms with Crippen LogP contribution in [0, 0.1) is 11.8 Å². The Morgan fingerprint density at radius 2 is 1.82 bits per heavy atom. The molecule has 0 aromatic rings. The molecule has 2 atom stereocenters. The summed E-state index contributed by atoms with van der Waals surface area (Å²) in [5.41, 5.74) is 5.68. The summed E-state index contributed by atoms with van der Waals surface area (Å²) in [6, 6.07) is 0. The van der Waals surface area contributed by atoms with Crippen LogP contribution >= 0.6 is 0 Å². The highest BCUT2D eigenvalue weighted by atomic mass is 32.2. The van der Waals surface area contributed by atoms with Crippen molar-refractivity contribution in [3.05, 3.63) is 0 Å². The van der Waals surface area contributed by atoms with Gasteiger partial charge in [0.25, 0.3) is 0 Å². The maximum Gasteiger partial charge on any atom is 0.241 e. The molecule has 1 heterocycles. The van der Waals surface area contributed by atoms with Gasteiger partial charge < -0.3 is 10.6 Å². The summed E-state index contributed by atoms with van der Waals surface area (Å²) in [6.45, 7) is 5.51.